The van der Waals surface area contributed by atoms with Crippen LogP contribution in [0.5, 0.6) is 5.75 Å². The van der Waals surface area contributed by atoms with Crippen molar-refractivity contribution in [3.8, 4) is 5.75 Å². The monoisotopic (exact) mass is 442 g/mol. The van der Waals surface area contributed by atoms with Crippen LogP contribution in [0.25, 0.3) is 0 Å². The molecule has 6 nitrogen and oxygen atoms in total. The molecule has 0 aliphatic carbocycles. The van der Waals surface area contributed by atoms with Gasteiger partial charge in [-0.3, -0.25) is 9.52 Å². The van der Waals surface area contributed by atoms with Gasteiger partial charge in [-0.1, -0.05) is 24.3 Å². The first-order valence-corrected chi connectivity index (χ1v) is 11.2. The molecule has 3 rings (SSSR count). The Labute approximate surface area is 181 Å². The van der Waals surface area contributed by atoms with E-state index in [1.165, 1.54) is 30.3 Å². The number of ether oxygens (including phenoxy) is 1. The van der Waals surface area contributed by atoms with Gasteiger partial charge in [0, 0.05) is 16.8 Å². The van der Waals surface area contributed by atoms with Gasteiger partial charge >= 0.3 is 0 Å². The molecule has 31 heavy (non-hydrogen) atoms. The molecule has 1 amide bonds. The average Bonchev–Trinajstić information content (AvgIpc) is 2.75. The fourth-order valence-corrected chi connectivity index (χ4v) is 4.09. The number of amides is 1. The zero-order valence-corrected chi connectivity index (χ0v) is 17.9. The smallest absolute Gasteiger partial charge is 0.261 e. The Morgan fingerprint density at radius 2 is 1.74 bits per heavy atom. The molecule has 0 fully saturated rings. The summed E-state index contributed by atoms with van der Waals surface area (Å²) in [4.78, 5) is 12.6. The molecule has 0 saturated carbocycles. The van der Waals surface area contributed by atoms with E-state index in [2.05, 4.69) is 10.0 Å². The Balaban J connectivity index is 1.75. The Bertz CT molecular complexity index is 1160. The summed E-state index contributed by atoms with van der Waals surface area (Å²) in [5.41, 5.74) is 0.862. The summed E-state index contributed by atoms with van der Waals surface area (Å²) in [6.07, 6.45) is 0. The molecule has 0 spiro atoms. The standard InChI is InChI=1S/C23H23FN2O4S/c1-3-30-19-13-11-18(12-14-19)26-31(28,29)20-8-6-7-17(15-20)23(27)25-16(2)21-9-4-5-10-22(21)24/h4-16,26H,3H2,1-2H3,(H,25,27). The molecule has 162 valence electrons. The Kier molecular flexibility index (Phi) is 6.91. The van der Waals surface area contributed by atoms with Gasteiger partial charge in [0.2, 0.25) is 0 Å². The molecule has 0 aliphatic heterocycles. The lowest BCUT2D eigenvalue weighted by Crippen LogP contribution is -2.27. The van der Waals surface area contributed by atoms with Crippen LogP contribution in [0.3, 0.4) is 0 Å². The van der Waals surface area contributed by atoms with Crippen molar-refractivity contribution >= 4 is 21.6 Å². The Morgan fingerprint density at radius 1 is 1.03 bits per heavy atom. The summed E-state index contributed by atoms with van der Waals surface area (Å²) in [6.45, 7) is 4.02. The summed E-state index contributed by atoms with van der Waals surface area (Å²) in [5.74, 6) is -0.298. The molecule has 0 aromatic heterocycles. The maximum Gasteiger partial charge on any atom is 0.261 e. The van der Waals surface area contributed by atoms with Crippen LogP contribution in [0, 0.1) is 5.82 Å². The molecule has 3 aromatic carbocycles. The number of hydrogen-bond donors (Lipinski definition) is 2. The van der Waals surface area contributed by atoms with Crippen molar-refractivity contribution in [1.29, 1.82) is 0 Å². The number of benzene rings is 3. The van der Waals surface area contributed by atoms with Crippen molar-refractivity contribution < 1.29 is 22.3 Å². The lowest BCUT2D eigenvalue weighted by atomic mass is 10.1. The minimum Gasteiger partial charge on any atom is -0.494 e. The topological polar surface area (TPSA) is 84.5 Å². The van der Waals surface area contributed by atoms with Gasteiger partial charge in [0.15, 0.2) is 0 Å². The van der Waals surface area contributed by atoms with Gasteiger partial charge in [-0.2, -0.15) is 0 Å². The third-order valence-electron chi connectivity index (χ3n) is 4.54. The molecule has 3 aromatic rings. The lowest BCUT2D eigenvalue weighted by Gasteiger charge is -2.15. The van der Waals surface area contributed by atoms with Crippen LogP contribution < -0.4 is 14.8 Å². The lowest BCUT2D eigenvalue weighted by molar-refractivity contribution is 0.0939. The van der Waals surface area contributed by atoms with E-state index in [0.29, 0.717) is 23.6 Å². The van der Waals surface area contributed by atoms with E-state index in [4.69, 9.17) is 4.74 Å². The minimum atomic E-state index is -3.91. The highest BCUT2D eigenvalue weighted by Crippen LogP contribution is 2.21. The van der Waals surface area contributed by atoms with Gasteiger partial charge in [-0.05, 0) is 62.4 Å². The Morgan fingerprint density at radius 3 is 2.42 bits per heavy atom. The SMILES string of the molecule is CCOc1ccc(NS(=O)(=O)c2cccc(C(=O)NC(C)c3ccccc3F)c2)cc1. The van der Waals surface area contributed by atoms with E-state index < -0.39 is 27.8 Å². The number of halogens is 1. The summed E-state index contributed by atoms with van der Waals surface area (Å²) < 4.78 is 47.3. The first-order valence-electron chi connectivity index (χ1n) is 9.71. The average molecular weight is 443 g/mol. The summed E-state index contributed by atoms with van der Waals surface area (Å²) in [5, 5.41) is 2.69. The van der Waals surface area contributed by atoms with Crippen LogP contribution >= 0.6 is 0 Å². The second-order valence-corrected chi connectivity index (χ2v) is 8.49. The number of carbonyl (C=O) groups excluding carboxylic acids is 1. The van der Waals surface area contributed by atoms with E-state index in [0.717, 1.165) is 0 Å². The number of sulfonamides is 1. The molecular weight excluding hydrogens is 419 g/mol. The van der Waals surface area contributed by atoms with Crippen molar-refractivity contribution in [1.82, 2.24) is 5.32 Å². The van der Waals surface area contributed by atoms with E-state index in [9.17, 15) is 17.6 Å². The third-order valence-corrected chi connectivity index (χ3v) is 5.92. The predicted octanol–water partition coefficient (Wildman–Crippen LogP) is 4.52. The minimum absolute atomic E-state index is 0.0624. The number of rotatable bonds is 8. The third kappa shape index (κ3) is 5.61. The molecule has 0 aliphatic rings. The van der Waals surface area contributed by atoms with Crippen molar-refractivity contribution in [2.24, 2.45) is 0 Å². The second-order valence-electron chi connectivity index (χ2n) is 6.81. The van der Waals surface area contributed by atoms with Crippen molar-refractivity contribution in [3.05, 3.63) is 89.7 Å². The van der Waals surface area contributed by atoms with E-state index >= 15 is 0 Å². The van der Waals surface area contributed by atoms with Crippen LogP contribution in [0.1, 0.15) is 35.8 Å². The number of nitrogens with one attached hydrogen (secondary N) is 2. The van der Waals surface area contributed by atoms with Crippen LogP contribution in [-0.2, 0) is 10.0 Å². The molecule has 0 heterocycles. The molecule has 1 atom stereocenters. The van der Waals surface area contributed by atoms with Gasteiger partial charge in [0.1, 0.15) is 11.6 Å². The van der Waals surface area contributed by atoms with Gasteiger partial charge in [0.05, 0.1) is 17.5 Å². The zero-order valence-electron chi connectivity index (χ0n) is 17.1. The molecule has 0 radical (unpaired) electrons. The van der Waals surface area contributed by atoms with Gasteiger partial charge in [-0.15, -0.1) is 0 Å². The fourth-order valence-electron chi connectivity index (χ4n) is 2.99. The van der Waals surface area contributed by atoms with Crippen LogP contribution in [-0.4, -0.2) is 20.9 Å². The van der Waals surface area contributed by atoms with E-state index in [1.54, 1.807) is 49.4 Å². The Hall–Kier alpha value is -3.39. The highest BCUT2D eigenvalue weighted by Gasteiger charge is 2.19. The molecule has 0 bridgehead atoms. The number of hydrogen-bond acceptors (Lipinski definition) is 4. The highest BCUT2D eigenvalue weighted by atomic mass is 32.2. The van der Waals surface area contributed by atoms with Crippen molar-refractivity contribution in [2.75, 3.05) is 11.3 Å². The first-order chi connectivity index (χ1) is 14.8. The van der Waals surface area contributed by atoms with Gasteiger partial charge in [0.25, 0.3) is 15.9 Å². The first kappa shape index (κ1) is 22.3. The van der Waals surface area contributed by atoms with Gasteiger partial charge < -0.3 is 10.1 Å². The molecular formula is C23H23FN2O4S. The van der Waals surface area contributed by atoms with Crippen LogP contribution in [0.2, 0.25) is 0 Å². The maximum atomic E-state index is 13.9. The van der Waals surface area contributed by atoms with E-state index in [1.807, 2.05) is 6.92 Å². The van der Waals surface area contributed by atoms with Crippen LogP contribution in [0.4, 0.5) is 10.1 Å². The second kappa shape index (κ2) is 9.61. The maximum absolute atomic E-state index is 13.9. The van der Waals surface area contributed by atoms with Crippen LogP contribution in [0.15, 0.2) is 77.7 Å². The molecule has 8 heteroatoms. The predicted molar refractivity (Wildman–Crippen MR) is 117 cm³/mol. The number of anilines is 1. The largest absolute Gasteiger partial charge is 0.494 e. The normalized spacial score (nSPS) is 12.1. The summed E-state index contributed by atoms with van der Waals surface area (Å²) in [6, 6.07) is 17.7. The van der Waals surface area contributed by atoms with E-state index in [-0.39, 0.29) is 10.5 Å². The molecule has 0 saturated heterocycles. The number of carbonyl (C=O) groups is 1. The van der Waals surface area contributed by atoms with Gasteiger partial charge in [-0.25, -0.2) is 12.8 Å². The zero-order chi connectivity index (χ0) is 22.4. The summed E-state index contributed by atoms with van der Waals surface area (Å²) >= 11 is 0. The molecule has 1 unspecified atom stereocenters. The van der Waals surface area contributed by atoms with Crippen molar-refractivity contribution in [3.63, 3.8) is 0 Å². The summed E-state index contributed by atoms with van der Waals surface area (Å²) in [7, 11) is -3.91. The quantitative estimate of drug-likeness (QED) is 0.537. The molecule has 2 N–H and O–H groups in total. The van der Waals surface area contributed by atoms with Crippen molar-refractivity contribution in [2.45, 2.75) is 24.8 Å². The highest BCUT2D eigenvalue weighted by molar-refractivity contribution is 7.92. The fraction of sp³-hybridized carbons (Fsp3) is 0.174.